The zero-order valence-corrected chi connectivity index (χ0v) is 15.1. The smallest absolute Gasteiger partial charge is 0.255 e. The lowest BCUT2D eigenvalue weighted by molar-refractivity contribution is 0.0698. The number of nitrogens with zero attached hydrogens (tertiary/aromatic N) is 3. The van der Waals surface area contributed by atoms with Crippen LogP contribution in [0.4, 0.5) is 0 Å². The van der Waals surface area contributed by atoms with Crippen LogP contribution >= 0.6 is 0 Å². The van der Waals surface area contributed by atoms with Gasteiger partial charge in [0.25, 0.3) is 11.8 Å². The van der Waals surface area contributed by atoms with Crippen LogP contribution in [-0.2, 0) is 0 Å². The summed E-state index contributed by atoms with van der Waals surface area (Å²) in [5.74, 6) is -1.65. The Bertz CT molecular complexity index is 542. The van der Waals surface area contributed by atoms with Crippen LogP contribution in [0.5, 0.6) is 0 Å². The lowest BCUT2D eigenvalue weighted by Gasteiger charge is -2.23. The van der Waals surface area contributed by atoms with Gasteiger partial charge in [0.05, 0.1) is 11.1 Å². The van der Waals surface area contributed by atoms with Crippen molar-refractivity contribution in [2.75, 3.05) is 53.6 Å². The second kappa shape index (κ2) is 10.8. The van der Waals surface area contributed by atoms with Crippen LogP contribution in [0.25, 0.3) is 0 Å². The molecule has 0 aromatic carbocycles. The number of carbonyl (C=O) groups is 2. The summed E-state index contributed by atoms with van der Waals surface area (Å²) in [7, 11) is 3.07. The summed E-state index contributed by atoms with van der Waals surface area (Å²) in [6.07, 6.45) is 2.68. The standard InChI is InChI=1S/C17H27N3O6/c1-19(6-12(8-21)9-22)16(25)14-3-15(5-18-4-14)17(26)20(2)7-13(10-23)11-24/h3-5,12-13,21-24H,6-11H2,1-2H3. The van der Waals surface area contributed by atoms with Gasteiger partial charge in [0.1, 0.15) is 0 Å². The van der Waals surface area contributed by atoms with Crippen molar-refractivity contribution in [2.45, 2.75) is 0 Å². The van der Waals surface area contributed by atoms with E-state index in [2.05, 4.69) is 4.98 Å². The molecule has 0 spiro atoms. The maximum atomic E-state index is 12.5. The van der Waals surface area contributed by atoms with E-state index in [4.69, 9.17) is 20.4 Å². The molecule has 146 valence electrons. The minimum absolute atomic E-state index is 0.165. The third-order valence-electron chi connectivity index (χ3n) is 4.02. The number of aromatic nitrogens is 1. The minimum Gasteiger partial charge on any atom is -0.396 e. The number of aliphatic hydroxyl groups is 4. The Morgan fingerprint density at radius 2 is 1.19 bits per heavy atom. The number of hydrogen-bond acceptors (Lipinski definition) is 7. The van der Waals surface area contributed by atoms with Crippen molar-refractivity contribution >= 4 is 11.8 Å². The van der Waals surface area contributed by atoms with Crippen LogP contribution in [-0.4, -0.2) is 101 Å². The highest BCUT2D eigenvalue weighted by molar-refractivity contribution is 5.99. The zero-order chi connectivity index (χ0) is 19.7. The molecule has 1 rings (SSSR count). The number of amides is 2. The molecule has 1 aromatic rings. The van der Waals surface area contributed by atoms with Gasteiger partial charge in [0.15, 0.2) is 0 Å². The molecule has 0 bridgehead atoms. The first-order valence-corrected chi connectivity index (χ1v) is 8.27. The lowest BCUT2D eigenvalue weighted by Crippen LogP contribution is -2.36. The number of hydrogen-bond donors (Lipinski definition) is 4. The molecule has 9 nitrogen and oxygen atoms in total. The summed E-state index contributed by atoms with van der Waals surface area (Å²) in [4.78, 5) is 31.5. The zero-order valence-electron chi connectivity index (χ0n) is 15.1. The predicted molar refractivity (Wildman–Crippen MR) is 93.5 cm³/mol. The molecule has 0 atom stereocenters. The van der Waals surface area contributed by atoms with Crippen LogP contribution in [0, 0.1) is 11.8 Å². The summed E-state index contributed by atoms with van der Waals surface area (Å²) >= 11 is 0. The Kier molecular flexibility index (Phi) is 9.14. The van der Waals surface area contributed by atoms with Gasteiger partial charge in [-0.15, -0.1) is 0 Å². The van der Waals surface area contributed by atoms with Gasteiger partial charge in [0.2, 0.25) is 0 Å². The maximum absolute atomic E-state index is 12.5. The Hall–Kier alpha value is -2.07. The van der Waals surface area contributed by atoms with Gasteiger partial charge < -0.3 is 30.2 Å². The summed E-state index contributed by atoms with van der Waals surface area (Å²) in [5, 5.41) is 36.5. The number of carbonyl (C=O) groups excluding carboxylic acids is 2. The normalized spacial score (nSPS) is 11.1. The van der Waals surface area contributed by atoms with Crippen molar-refractivity contribution in [2.24, 2.45) is 11.8 Å². The fourth-order valence-electron chi connectivity index (χ4n) is 2.40. The van der Waals surface area contributed by atoms with Crippen LogP contribution in [0.3, 0.4) is 0 Å². The highest BCUT2D eigenvalue weighted by Gasteiger charge is 2.20. The molecule has 4 N–H and O–H groups in total. The lowest BCUT2D eigenvalue weighted by atomic mass is 10.1. The van der Waals surface area contributed by atoms with Gasteiger partial charge in [-0.3, -0.25) is 14.6 Å². The van der Waals surface area contributed by atoms with Gasteiger partial charge in [-0.2, -0.15) is 0 Å². The second-order valence-corrected chi connectivity index (χ2v) is 6.30. The largest absolute Gasteiger partial charge is 0.396 e. The summed E-state index contributed by atoms with van der Waals surface area (Å²) in [5.41, 5.74) is 0.421. The van der Waals surface area contributed by atoms with Crippen molar-refractivity contribution in [3.8, 4) is 0 Å². The Morgan fingerprint density at radius 1 is 0.846 bits per heavy atom. The summed E-state index contributed by atoms with van der Waals surface area (Å²) < 4.78 is 0. The van der Waals surface area contributed by atoms with E-state index in [1.54, 1.807) is 0 Å². The molecule has 0 aliphatic carbocycles. The highest BCUT2D eigenvalue weighted by Crippen LogP contribution is 2.10. The topological polar surface area (TPSA) is 134 Å². The Balaban J connectivity index is 2.86. The van der Waals surface area contributed by atoms with Crippen LogP contribution in [0.15, 0.2) is 18.5 Å². The van der Waals surface area contributed by atoms with Crippen LogP contribution < -0.4 is 0 Å². The molecule has 1 aromatic heterocycles. The molecule has 0 aliphatic rings. The highest BCUT2D eigenvalue weighted by atomic mass is 16.3. The fraction of sp³-hybridized carbons (Fsp3) is 0.588. The van der Waals surface area contributed by atoms with Crippen molar-refractivity contribution in [1.82, 2.24) is 14.8 Å². The van der Waals surface area contributed by atoms with E-state index < -0.39 is 11.8 Å². The van der Waals surface area contributed by atoms with Crippen LogP contribution in [0.2, 0.25) is 0 Å². The molecule has 0 radical (unpaired) electrons. The van der Waals surface area contributed by atoms with Gasteiger partial charge in [-0.1, -0.05) is 0 Å². The van der Waals surface area contributed by atoms with E-state index >= 15 is 0 Å². The first-order valence-electron chi connectivity index (χ1n) is 8.27. The molecule has 0 saturated heterocycles. The SMILES string of the molecule is CN(CC(CO)CO)C(=O)c1cncc(C(=O)N(C)CC(CO)CO)c1. The molecule has 1 heterocycles. The maximum Gasteiger partial charge on any atom is 0.255 e. The first-order chi connectivity index (χ1) is 12.4. The van der Waals surface area contributed by atoms with E-state index in [-0.39, 0.29) is 62.5 Å². The van der Waals surface area contributed by atoms with E-state index in [1.807, 2.05) is 0 Å². The quantitative estimate of drug-likeness (QED) is 0.391. The summed E-state index contributed by atoms with van der Waals surface area (Å²) in [6.45, 7) is -0.643. The predicted octanol–water partition coefficient (Wildman–Crippen LogP) is -1.57. The molecular weight excluding hydrogens is 342 g/mol. The van der Waals surface area contributed by atoms with E-state index in [1.165, 1.54) is 42.4 Å². The molecular formula is C17H27N3O6. The number of aliphatic hydroxyl groups excluding tert-OH is 4. The molecule has 0 saturated carbocycles. The second-order valence-electron chi connectivity index (χ2n) is 6.30. The third-order valence-corrected chi connectivity index (χ3v) is 4.02. The Labute approximate surface area is 152 Å². The van der Waals surface area contributed by atoms with Gasteiger partial charge in [-0.05, 0) is 6.07 Å². The van der Waals surface area contributed by atoms with E-state index in [9.17, 15) is 9.59 Å². The number of rotatable bonds is 10. The summed E-state index contributed by atoms with van der Waals surface area (Å²) in [6, 6.07) is 1.42. The average Bonchev–Trinajstić information content (AvgIpc) is 2.68. The monoisotopic (exact) mass is 369 g/mol. The molecule has 26 heavy (non-hydrogen) atoms. The van der Waals surface area contributed by atoms with Crippen LogP contribution in [0.1, 0.15) is 20.7 Å². The fourth-order valence-corrected chi connectivity index (χ4v) is 2.40. The van der Waals surface area contributed by atoms with Gasteiger partial charge >= 0.3 is 0 Å². The van der Waals surface area contributed by atoms with E-state index in [0.717, 1.165) is 0 Å². The molecule has 0 aliphatic heterocycles. The van der Waals surface area contributed by atoms with Crippen molar-refractivity contribution in [1.29, 1.82) is 0 Å². The minimum atomic E-state index is -0.443. The Morgan fingerprint density at radius 3 is 1.50 bits per heavy atom. The molecule has 2 amide bonds. The van der Waals surface area contributed by atoms with E-state index in [0.29, 0.717) is 0 Å². The average molecular weight is 369 g/mol. The third kappa shape index (κ3) is 6.03. The first kappa shape index (κ1) is 22.0. The molecule has 9 heteroatoms. The van der Waals surface area contributed by atoms with Gasteiger partial charge in [-0.25, -0.2) is 0 Å². The molecule has 0 fully saturated rings. The van der Waals surface area contributed by atoms with Gasteiger partial charge in [0, 0.05) is 77.8 Å². The van der Waals surface area contributed by atoms with Crippen molar-refractivity contribution in [3.05, 3.63) is 29.6 Å². The number of pyridine rings is 1. The molecule has 0 unspecified atom stereocenters. The van der Waals surface area contributed by atoms with Crippen molar-refractivity contribution < 1.29 is 30.0 Å². The van der Waals surface area contributed by atoms with Crippen molar-refractivity contribution in [3.63, 3.8) is 0 Å².